The molecule has 0 saturated carbocycles. The van der Waals surface area contributed by atoms with Crippen LogP contribution in [0, 0.1) is 5.82 Å². The van der Waals surface area contributed by atoms with Gasteiger partial charge in [-0.05, 0) is 17.7 Å². The zero-order valence-electron chi connectivity index (χ0n) is 13.1. The summed E-state index contributed by atoms with van der Waals surface area (Å²) in [5.41, 5.74) is 0.449. The van der Waals surface area contributed by atoms with Gasteiger partial charge in [0.1, 0.15) is 18.5 Å². The lowest BCUT2D eigenvalue weighted by Crippen LogP contribution is -2.42. The van der Waals surface area contributed by atoms with Crippen molar-refractivity contribution in [3.8, 4) is 0 Å². The molecule has 25 heavy (non-hydrogen) atoms. The number of benzene rings is 2. The zero-order chi connectivity index (χ0) is 18.2. The molecule has 2 aromatic carbocycles. The fraction of sp³-hybridized carbons (Fsp3) is 0.167. The first-order valence-electron chi connectivity index (χ1n) is 7.45. The third-order valence-corrected chi connectivity index (χ3v) is 3.34. The van der Waals surface area contributed by atoms with Crippen LogP contribution in [0.1, 0.15) is 22.3 Å². The SMILES string of the molecule is O=C(C[C@@H](NC(=O)c1ccccc1F)C(=O)O)OCc1ccccc1. The Balaban J connectivity index is 1.94. The maximum atomic E-state index is 13.6. The Morgan fingerprint density at radius 3 is 2.32 bits per heavy atom. The third-order valence-electron chi connectivity index (χ3n) is 3.34. The average molecular weight is 345 g/mol. The fourth-order valence-electron chi connectivity index (χ4n) is 2.05. The molecule has 0 bridgehead atoms. The molecule has 0 fully saturated rings. The molecule has 0 spiro atoms. The number of carboxylic acids is 1. The predicted octanol–water partition coefficient (Wildman–Crippen LogP) is 2.14. The number of ether oxygens (including phenoxy) is 1. The highest BCUT2D eigenvalue weighted by Crippen LogP contribution is 2.08. The predicted molar refractivity (Wildman–Crippen MR) is 86.1 cm³/mol. The summed E-state index contributed by atoms with van der Waals surface area (Å²) < 4.78 is 18.6. The average Bonchev–Trinajstić information content (AvgIpc) is 2.60. The van der Waals surface area contributed by atoms with E-state index in [1.165, 1.54) is 18.2 Å². The van der Waals surface area contributed by atoms with Gasteiger partial charge in [0.2, 0.25) is 0 Å². The van der Waals surface area contributed by atoms with Crippen LogP contribution >= 0.6 is 0 Å². The standard InChI is InChI=1S/C18H16FNO5/c19-14-9-5-4-8-13(14)17(22)20-15(18(23)24)10-16(21)25-11-12-6-2-1-3-7-12/h1-9,15H,10-11H2,(H,20,22)(H,23,24)/t15-/m1/s1. The lowest BCUT2D eigenvalue weighted by Gasteiger charge is -2.14. The Morgan fingerprint density at radius 2 is 1.68 bits per heavy atom. The monoisotopic (exact) mass is 345 g/mol. The molecular formula is C18H16FNO5. The van der Waals surface area contributed by atoms with Crippen LogP contribution < -0.4 is 5.32 Å². The van der Waals surface area contributed by atoms with E-state index in [1.807, 2.05) is 6.07 Å². The Labute approximate surface area is 143 Å². The number of amides is 1. The Morgan fingerprint density at radius 1 is 1.04 bits per heavy atom. The number of halogens is 1. The van der Waals surface area contributed by atoms with Gasteiger partial charge in [0.15, 0.2) is 0 Å². The van der Waals surface area contributed by atoms with Gasteiger partial charge in [-0.25, -0.2) is 9.18 Å². The molecule has 0 heterocycles. The van der Waals surface area contributed by atoms with Crippen LogP contribution in [0.4, 0.5) is 4.39 Å². The number of nitrogens with one attached hydrogen (secondary N) is 1. The topological polar surface area (TPSA) is 92.7 Å². The summed E-state index contributed by atoms with van der Waals surface area (Å²) in [6, 6.07) is 12.5. The number of esters is 1. The van der Waals surface area contributed by atoms with E-state index < -0.39 is 36.1 Å². The summed E-state index contributed by atoms with van der Waals surface area (Å²) >= 11 is 0. The molecule has 2 rings (SSSR count). The van der Waals surface area contributed by atoms with E-state index in [0.717, 1.165) is 11.6 Å². The van der Waals surface area contributed by atoms with E-state index in [-0.39, 0.29) is 12.2 Å². The first-order valence-corrected chi connectivity index (χ1v) is 7.45. The van der Waals surface area contributed by atoms with Crippen LogP contribution in [0.2, 0.25) is 0 Å². The van der Waals surface area contributed by atoms with Crippen LogP contribution in [-0.2, 0) is 20.9 Å². The van der Waals surface area contributed by atoms with E-state index in [9.17, 15) is 18.8 Å². The maximum Gasteiger partial charge on any atom is 0.326 e. The molecule has 0 radical (unpaired) electrons. The minimum absolute atomic E-state index is 0.00667. The molecule has 0 aromatic heterocycles. The normalized spacial score (nSPS) is 11.4. The van der Waals surface area contributed by atoms with Gasteiger partial charge in [-0.15, -0.1) is 0 Å². The van der Waals surface area contributed by atoms with Crippen molar-refractivity contribution in [3.63, 3.8) is 0 Å². The number of carbonyl (C=O) groups excluding carboxylic acids is 2. The second-order valence-electron chi connectivity index (χ2n) is 5.19. The van der Waals surface area contributed by atoms with Gasteiger partial charge in [-0.1, -0.05) is 42.5 Å². The van der Waals surface area contributed by atoms with Crippen molar-refractivity contribution in [2.75, 3.05) is 0 Å². The number of aliphatic carboxylic acids is 1. The van der Waals surface area contributed by atoms with E-state index in [2.05, 4.69) is 5.32 Å². The Kier molecular flexibility index (Phi) is 6.22. The molecule has 7 heteroatoms. The van der Waals surface area contributed by atoms with Gasteiger partial charge in [0.05, 0.1) is 12.0 Å². The molecule has 2 aromatic rings. The summed E-state index contributed by atoms with van der Waals surface area (Å²) in [5, 5.41) is 11.3. The Hall–Kier alpha value is -3.22. The van der Waals surface area contributed by atoms with Crippen molar-refractivity contribution in [3.05, 3.63) is 71.5 Å². The van der Waals surface area contributed by atoms with Crippen LogP contribution in [0.25, 0.3) is 0 Å². The molecule has 130 valence electrons. The molecule has 1 amide bonds. The summed E-state index contributed by atoms with van der Waals surface area (Å²) in [6.45, 7) is -0.00667. The van der Waals surface area contributed by atoms with Crippen LogP contribution in [0.15, 0.2) is 54.6 Å². The Bertz CT molecular complexity index is 763. The first kappa shape index (κ1) is 18.1. The summed E-state index contributed by atoms with van der Waals surface area (Å²) in [6.07, 6.45) is -0.567. The highest BCUT2D eigenvalue weighted by Gasteiger charge is 2.25. The zero-order valence-corrected chi connectivity index (χ0v) is 13.1. The number of rotatable bonds is 7. The molecule has 0 aliphatic carbocycles. The van der Waals surface area contributed by atoms with Crippen molar-refractivity contribution < 1.29 is 28.6 Å². The maximum absolute atomic E-state index is 13.6. The van der Waals surface area contributed by atoms with Crippen LogP contribution in [0.3, 0.4) is 0 Å². The second-order valence-corrected chi connectivity index (χ2v) is 5.19. The lowest BCUT2D eigenvalue weighted by atomic mass is 10.1. The van der Waals surface area contributed by atoms with Gasteiger partial charge in [0, 0.05) is 0 Å². The number of hydrogen-bond acceptors (Lipinski definition) is 4. The summed E-state index contributed by atoms with van der Waals surface area (Å²) in [5.74, 6) is -3.90. The molecule has 1 atom stereocenters. The van der Waals surface area contributed by atoms with Gasteiger partial charge in [0.25, 0.3) is 5.91 Å². The number of carboxylic acid groups (broad SMARTS) is 1. The first-order chi connectivity index (χ1) is 12.0. The highest BCUT2D eigenvalue weighted by molar-refractivity contribution is 5.97. The van der Waals surface area contributed by atoms with E-state index in [1.54, 1.807) is 24.3 Å². The molecule has 0 unspecified atom stereocenters. The van der Waals surface area contributed by atoms with Gasteiger partial charge in [-0.2, -0.15) is 0 Å². The van der Waals surface area contributed by atoms with E-state index >= 15 is 0 Å². The van der Waals surface area contributed by atoms with E-state index in [0.29, 0.717) is 0 Å². The smallest absolute Gasteiger partial charge is 0.326 e. The van der Waals surface area contributed by atoms with Crippen molar-refractivity contribution in [2.24, 2.45) is 0 Å². The van der Waals surface area contributed by atoms with Crippen molar-refractivity contribution in [1.29, 1.82) is 0 Å². The molecule has 0 aliphatic heterocycles. The third kappa shape index (κ3) is 5.42. The quantitative estimate of drug-likeness (QED) is 0.750. The van der Waals surface area contributed by atoms with E-state index in [4.69, 9.17) is 9.84 Å². The minimum atomic E-state index is -1.52. The van der Waals surface area contributed by atoms with Crippen molar-refractivity contribution in [1.82, 2.24) is 5.32 Å². The second kappa shape index (κ2) is 8.58. The van der Waals surface area contributed by atoms with Gasteiger partial charge < -0.3 is 15.2 Å². The van der Waals surface area contributed by atoms with Crippen molar-refractivity contribution >= 4 is 17.8 Å². The van der Waals surface area contributed by atoms with Crippen LogP contribution in [0.5, 0.6) is 0 Å². The largest absolute Gasteiger partial charge is 0.480 e. The molecule has 0 saturated heterocycles. The highest BCUT2D eigenvalue weighted by atomic mass is 19.1. The van der Waals surface area contributed by atoms with Gasteiger partial charge >= 0.3 is 11.9 Å². The minimum Gasteiger partial charge on any atom is -0.480 e. The number of carbonyl (C=O) groups is 3. The fourth-order valence-corrected chi connectivity index (χ4v) is 2.05. The molecule has 0 aliphatic rings. The summed E-state index contributed by atoms with van der Waals surface area (Å²) in [4.78, 5) is 35.0. The summed E-state index contributed by atoms with van der Waals surface area (Å²) in [7, 11) is 0. The van der Waals surface area contributed by atoms with Crippen molar-refractivity contribution in [2.45, 2.75) is 19.1 Å². The molecular weight excluding hydrogens is 329 g/mol. The lowest BCUT2D eigenvalue weighted by molar-refractivity contribution is -0.150. The molecule has 6 nitrogen and oxygen atoms in total. The van der Waals surface area contributed by atoms with Gasteiger partial charge in [-0.3, -0.25) is 9.59 Å². The molecule has 2 N–H and O–H groups in total. The number of hydrogen-bond donors (Lipinski definition) is 2. The van der Waals surface area contributed by atoms with Crippen LogP contribution in [-0.4, -0.2) is 29.0 Å².